The Morgan fingerprint density at radius 1 is 1.19 bits per heavy atom. The minimum atomic E-state index is 0. The van der Waals surface area contributed by atoms with Crippen molar-refractivity contribution in [2.24, 2.45) is 10.9 Å². The van der Waals surface area contributed by atoms with Gasteiger partial charge in [-0.05, 0) is 37.1 Å². The van der Waals surface area contributed by atoms with Crippen molar-refractivity contribution in [1.29, 1.82) is 0 Å². The third-order valence-corrected chi connectivity index (χ3v) is 5.52. The summed E-state index contributed by atoms with van der Waals surface area (Å²) in [5.74, 6) is 2.48. The molecule has 2 N–H and O–H groups in total. The number of hydrogen-bond acceptors (Lipinski definition) is 6. The average molecular weight is 577 g/mol. The Bertz CT molecular complexity index is 824. The first-order valence-electron chi connectivity index (χ1n) is 11.0. The molecule has 178 valence electrons. The van der Waals surface area contributed by atoms with Crippen LogP contribution in [0.15, 0.2) is 33.8 Å². The number of aliphatic imine (C=N–C) groups is 1. The molecule has 0 saturated carbocycles. The van der Waals surface area contributed by atoms with E-state index in [1.54, 1.807) is 0 Å². The summed E-state index contributed by atoms with van der Waals surface area (Å²) in [5, 5.41) is 11.4. The van der Waals surface area contributed by atoms with Crippen LogP contribution in [-0.2, 0) is 11.2 Å². The number of aromatic nitrogens is 2. The van der Waals surface area contributed by atoms with Crippen molar-refractivity contribution in [3.63, 3.8) is 0 Å². The van der Waals surface area contributed by atoms with Crippen LogP contribution in [0.2, 0.25) is 5.02 Å². The molecule has 1 aliphatic rings. The number of benzene rings is 1. The number of halogens is 2. The van der Waals surface area contributed by atoms with Gasteiger partial charge in [0, 0.05) is 49.2 Å². The normalized spacial score (nSPS) is 16.0. The van der Waals surface area contributed by atoms with Gasteiger partial charge in [0.25, 0.3) is 0 Å². The van der Waals surface area contributed by atoms with Gasteiger partial charge in [-0.15, -0.1) is 24.0 Å². The first-order valence-corrected chi connectivity index (χ1v) is 11.4. The first kappa shape index (κ1) is 26.8. The Morgan fingerprint density at radius 2 is 1.91 bits per heavy atom. The van der Waals surface area contributed by atoms with Gasteiger partial charge in [0.2, 0.25) is 11.7 Å². The third-order valence-electron chi connectivity index (χ3n) is 5.27. The summed E-state index contributed by atoms with van der Waals surface area (Å²) in [5.41, 5.74) is 0.880. The van der Waals surface area contributed by atoms with E-state index in [4.69, 9.17) is 25.9 Å². The third kappa shape index (κ3) is 8.17. The van der Waals surface area contributed by atoms with Gasteiger partial charge < -0.3 is 19.9 Å². The van der Waals surface area contributed by atoms with E-state index in [0.29, 0.717) is 41.7 Å². The van der Waals surface area contributed by atoms with Crippen LogP contribution < -0.4 is 10.6 Å². The SMILES string of the molecule is CCNC(=NCC(C(C)C)N1CCOCC1)NCCc1nc(-c2ccc(Cl)cc2)no1.I. The van der Waals surface area contributed by atoms with Crippen LogP contribution in [0.1, 0.15) is 26.7 Å². The Kier molecular flexibility index (Phi) is 11.7. The number of nitrogens with one attached hydrogen (secondary N) is 2. The summed E-state index contributed by atoms with van der Waals surface area (Å²) in [6, 6.07) is 7.79. The quantitative estimate of drug-likeness (QED) is 0.269. The summed E-state index contributed by atoms with van der Waals surface area (Å²) in [7, 11) is 0. The molecule has 8 nitrogen and oxygen atoms in total. The first-order chi connectivity index (χ1) is 15.1. The molecule has 0 amide bonds. The minimum Gasteiger partial charge on any atom is -0.379 e. The number of ether oxygens (including phenoxy) is 1. The van der Waals surface area contributed by atoms with Crippen molar-refractivity contribution in [1.82, 2.24) is 25.7 Å². The maximum Gasteiger partial charge on any atom is 0.228 e. The molecular weight excluding hydrogens is 543 g/mol. The fourth-order valence-electron chi connectivity index (χ4n) is 3.54. The number of rotatable bonds is 9. The van der Waals surface area contributed by atoms with Crippen molar-refractivity contribution in [3.05, 3.63) is 35.2 Å². The van der Waals surface area contributed by atoms with E-state index in [1.165, 1.54) is 0 Å². The lowest BCUT2D eigenvalue weighted by Gasteiger charge is -2.36. The smallest absolute Gasteiger partial charge is 0.228 e. The monoisotopic (exact) mass is 576 g/mol. The average Bonchev–Trinajstić information content (AvgIpc) is 3.24. The maximum absolute atomic E-state index is 5.94. The Hall–Kier alpha value is -1.43. The van der Waals surface area contributed by atoms with Crippen LogP contribution in [0.25, 0.3) is 11.4 Å². The highest BCUT2D eigenvalue weighted by Gasteiger charge is 2.23. The highest BCUT2D eigenvalue weighted by atomic mass is 127. The molecule has 2 aromatic rings. The highest BCUT2D eigenvalue weighted by Crippen LogP contribution is 2.18. The van der Waals surface area contributed by atoms with Crippen LogP contribution in [0.5, 0.6) is 0 Å². The lowest BCUT2D eigenvalue weighted by atomic mass is 10.0. The molecule has 2 heterocycles. The Morgan fingerprint density at radius 3 is 2.56 bits per heavy atom. The topological polar surface area (TPSA) is 87.8 Å². The van der Waals surface area contributed by atoms with Crippen molar-refractivity contribution in [3.8, 4) is 11.4 Å². The number of hydrogen-bond donors (Lipinski definition) is 2. The summed E-state index contributed by atoms with van der Waals surface area (Å²) < 4.78 is 10.9. The second-order valence-corrected chi connectivity index (χ2v) is 8.31. The molecular formula is C22H34ClIN6O2. The predicted octanol–water partition coefficient (Wildman–Crippen LogP) is 3.46. The summed E-state index contributed by atoms with van der Waals surface area (Å²) >= 11 is 5.94. The van der Waals surface area contributed by atoms with Crippen molar-refractivity contribution in [2.45, 2.75) is 33.2 Å². The molecule has 32 heavy (non-hydrogen) atoms. The van der Waals surface area contributed by atoms with Gasteiger partial charge in [-0.3, -0.25) is 9.89 Å². The molecule has 0 bridgehead atoms. The van der Waals surface area contributed by atoms with Crippen molar-refractivity contribution < 1.29 is 9.26 Å². The molecule has 0 aliphatic carbocycles. The Balaban J connectivity index is 0.00000363. The van der Waals surface area contributed by atoms with Crippen LogP contribution >= 0.6 is 35.6 Å². The fraction of sp³-hybridized carbons (Fsp3) is 0.591. The van der Waals surface area contributed by atoms with Gasteiger partial charge in [0.15, 0.2) is 5.96 Å². The number of nitrogens with zero attached hydrogens (tertiary/aromatic N) is 4. The van der Waals surface area contributed by atoms with E-state index in [1.807, 2.05) is 24.3 Å². The predicted molar refractivity (Wildman–Crippen MR) is 139 cm³/mol. The summed E-state index contributed by atoms with van der Waals surface area (Å²) in [4.78, 5) is 11.8. The molecule has 0 spiro atoms. The zero-order chi connectivity index (χ0) is 22.1. The van der Waals surface area contributed by atoms with E-state index in [0.717, 1.165) is 50.9 Å². The van der Waals surface area contributed by atoms with Crippen LogP contribution in [-0.4, -0.2) is 73.0 Å². The summed E-state index contributed by atoms with van der Waals surface area (Å²) in [6.07, 6.45) is 0.613. The van der Waals surface area contributed by atoms with E-state index < -0.39 is 0 Å². The minimum absolute atomic E-state index is 0. The van der Waals surface area contributed by atoms with Gasteiger partial charge >= 0.3 is 0 Å². The lowest BCUT2D eigenvalue weighted by Crippen LogP contribution is -2.48. The molecule has 1 saturated heterocycles. The Labute approximate surface area is 212 Å². The van der Waals surface area contributed by atoms with Gasteiger partial charge in [-0.25, -0.2) is 0 Å². The second kappa shape index (κ2) is 14.0. The van der Waals surface area contributed by atoms with Crippen molar-refractivity contribution in [2.75, 3.05) is 45.9 Å². The standard InChI is InChI=1S/C22H33ClN6O2.HI/c1-4-24-22(26-15-19(16(2)3)29-11-13-30-14-12-29)25-10-9-20-27-21(28-31-20)17-5-7-18(23)8-6-17;/h5-8,16,19H,4,9-15H2,1-3H3,(H2,24,25,26);1H. The molecule has 0 radical (unpaired) electrons. The van der Waals surface area contributed by atoms with E-state index in [-0.39, 0.29) is 24.0 Å². The van der Waals surface area contributed by atoms with E-state index >= 15 is 0 Å². The molecule has 1 unspecified atom stereocenters. The molecule has 1 aromatic carbocycles. The van der Waals surface area contributed by atoms with Crippen molar-refractivity contribution >= 4 is 41.5 Å². The maximum atomic E-state index is 5.94. The second-order valence-electron chi connectivity index (χ2n) is 7.87. The van der Waals surface area contributed by atoms with Crippen LogP contribution in [0.4, 0.5) is 0 Å². The molecule has 3 rings (SSSR count). The fourth-order valence-corrected chi connectivity index (χ4v) is 3.67. The molecule has 1 fully saturated rings. The van der Waals surface area contributed by atoms with Gasteiger partial charge in [0.05, 0.1) is 19.8 Å². The van der Waals surface area contributed by atoms with Gasteiger partial charge in [-0.1, -0.05) is 30.6 Å². The zero-order valence-corrected chi connectivity index (χ0v) is 22.1. The lowest BCUT2D eigenvalue weighted by molar-refractivity contribution is 0.00867. The molecule has 1 aromatic heterocycles. The molecule has 10 heteroatoms. The largest absolute Gasteiger partial charge is 0.379 e. The van der Waals surface area contributed by atoms with Gasteiger partial charge in [0.1, 0.15) is 0 Å². The van der Waals surface area contributed by atoms with Crippen LogP contribution in [0, 0.1) is 5.92 Å². The number of guanidine groups is 1. The molecule has 1 atom stereocenters. The number of morpholine rings is 1. The van der Waals surface area contributed by atoms with E-state index in [2.05, 4.69) is 46.4 Å². The molecule has 1 aliphatic heterocycles. The van der Waals surface area contributed by atoms with Gasteiger partial charge in [-0.2, -0.15) is 4.98 Å². The van der Waals surface area contributed by atoms with E-state index in [9.17, 15) is 0 Å². The van der Waals surface area contributed by atoms with Crippen LogP contribution in [0.3, 0.4) is 0 Å². The highest BCUT2D eigenvalue weighted by molar-refractivity contribution is 14.0. The zero-order valence-electron chi connectivity index (χ0n) is 19.0. The summed E-state index contributed by atoms with van der Waals surface area (Å²) in [6.45, 7) is 12.3.